The molecule has 172 valence electrons. The minimum absolute atomic E-state index is 0.116. The van der Waals surface area contributed by atoms with Crippen molar-refractivity contribution in [1.82, 2.24) is 14.6 Å². The number of nitrogens with zero attached hydrogens (tertiary/aromatic N) is 3. The number of fused-ring (bicyclic) bond motifs is 3. The van der Waals surface area contributed by atoms with Crippen molar-refractivity contribution < 1.29 is 9.53 Å². The molecule has 0 bridgehead atoms. The Hall–Kier alpha value is -3.61. The van der Waals surface area contributed by atoms with Crippen molar-refractivity contribution in [3.05, 3.63) is 59.7 Å². The molecule has 0 amide bonds. The first-order chi connectivity index (χ1) is 15.5. The predicted molar refractivity (Wildman–Crippen MR) is 133 cm³/mol. The van der Waals surface area contributed by atoms with Gasteiger partial charge in [-0.3, -0.25) is 4.79 Å². The fraction of sp³-hybridized carbons (Fsp3) is 0.346. The SMILES string of the molecule is COc1ccc(C(=O)c2c(N)nn3c(NC(C)(C)CC(C)(C)C)nc4ccccc4c23)cc1. The van der Waals surface area contributed by atoms with Gasteiger partial charge < -0.3 is 15.8 Å². The summed E-state index contributed by atoms with van der Waals surface area (Å²) >= 11 is 0. The normalized spacial score (nSPS) is 12.3. The number of carbonyl (C=O) groups excluding carboxylic acids is 1. The summed E-state index contributed by atoms with van der Waals surface area (Å²) in [5, 5.41) is 8.92. The summed E-state index contributed by atoms with van der Waals surface area (Å²) < 4.78 is 6.88. The Bertz CT molecular complexity index is 1330. The van der Waals surface area contributed by atoms with Crippen molar-refractivity contribution in [3.8, 4) is 5.75 Å². The standard InChI is InChI=1S/C26H31N5O2/c1-25(2,3)15-26(4,5)29-24-28-19-10-8-7-9-18(19)21-20(23(27)30-31(21)24)22(32)16-11-13-17(33-6)14-12-16/h7-14H,15H2,1-6H3,(H2,27,30)(H,28,29). The molecule has 0 saturated carbocycles. The van der Waals surface area contributed by atoms with Crippen LogP contribution in [0.15, 0.2) is 48.5 Å². The van der Waals surface area contributed by atoms with Gasteiger partial charge >= 0.3 is 0 Å². The van der Waals surface area contributed by atoms with E-state index in [0.717, 1.165) is 17.3 Å². The lowest BCUT2D eigenvalue weighted by atomic mass is 9.82. The average molecular weight is 446 g/mol. The molecule has 0 spiro atoms. The summed E-state index contributed by atoms with van der Waals surface area (Å²) in [5.74, 6) is 1.21. The summed E-state index contributed by atoms with van der Waals surface area (Å²) in [6, 6.07) is 14.7. The van der Waals surface area contributed by atoms with E-state index in [4.69, 9.17) is 15.5 Å². The smallest absolute Gasteiger partial charge is 0.225 e. The number of para-hydroxylation sites is 1. The van der Waals surface area contributed by atoms with Crippen LogP contribution in [0.3, 0.4) is 0 Å². The Balaban J connectivity index is 1.91. The van der Waals surface area contributed by atoms with E-state index in [2.05, 4.69) is 45.0 Å². The van der Waals surface area contributed by atoms with E-state index in [0.29, 0.717) is 28.3 Å². The third-order valence-electron chi connectivity index (χ3n) is 5.50. The van der Waals surface area contributed by atoms with Gasteiger partial charge in [0.05, 0.1) is 23.7 Å². The molecule has 4 rings (SSSR count). The van der Waals surface area contributed by atoms with Crippen LogP contribution in [-0.4, -0.2) is 33.0 Å². The van der Waals surface area contributed by atoms with Crippen molar-refractivity contribution in [2.45, 2.75) is 46.6 Å². The van der Waals surface area contributed by atoms with Gasteiger partial charge in [-0.1, -0.05) is 39.0 Å². The van der Waals surface area contributed by atoms with Crippen LogP contribution in [0.4, 0.5) is 11.8 Å². The highest BCUT2D eigenvalue weighted by Gasteiger charge is 2.29. The Labute approximate surface area is 194 Å². The van der Waals surface area contributed by atoms with Crippen LogP contribution in [0.1, 0.15) is 57.0 Å². The van der Waals surface area contributed by atoms with E-state index in [-0.39, 0.29) is 22.6 Å². The first kappa shape index (κ1) is 22.6. The molecule has 0 fully saturated rings. The number of ether oxygens (including phenoxy) is 1. The first-order valence-electron chi connectivity index (χ1n) is 11.0. The van der Waals surface area contributed by atoms with Crippen LogP contribution >= 0.6 is 0 Å². The zero-order valence-corrected chi connectivity index (χ0v) is 20.1. The zero-order chi connectivity index (χ0) is 24.0. The molecule has 4 aromatic rings. The Kier molecular flexibility index (Phi) is 5.52. The molecule has 0 unspecified atom stereocenters. The number of anilines is 2. The second kappa shape index (κ2) is 8.06. The molecule has 2 aromatic heterocycles. The van der Waals surface area contributed by atoms with E-state index in [1.165, 1.54) is 0 Å². The van der Waals surface area contributed by atoms with Crippen molar-refractivity contribution in [2.75, 3.05) is 18.2 Å². The highest BCUT2D eigenvalue weighted by Crippen LogP contribution is 2.33. The van der Waals surface area contributed by atoms with Crippen molar-refractivity contribution in [3.63, 3.8) is 0 Å². The van der Waals surface area contributed by atoms with Gasteiger partial charge in [0.2, 0.25) is 5.95 Å². The van der Waals surface area contributed by atoms with Crippen LogP contribution in [0.5, 0.6) is 5.75 Å². The maximum absolute atomic E-state index is 13.6. The fourth-order valence-corrected chi connectivity index (χ4v) is 4.63. The molecular weight excluding hydrogens is 414 g/mol. The summed E-state index contributed by atoms with van der Waals surface area (Å²) in [4.78, 5) is 18.4. The van der Waals surface area contributed by atoms with Crippen LogP contribution < -0.4 is 15.8 Å². The Morgan fingerprint density at radius 2 is 1.73 bits per heavy atom. The number of ketones is 1. The monoisotopic (exact) mass is 445 g/mol. The van der Waals surface area contributed by atoms with E-state index in [9.17, 15) is 4.79 Å². The van der Waals surface area contributed by atoms with Gasteiger partial charge in [-0.05, 0) is 56.0 Å². The molecule has 3 N–H and O–H groups in total. The predicted octanol–water partition coefficient (Wildman–Crippen LogP) is 5.33. The quantitative estimate of drug-likeness (QED) is 0.390. The minimum atomic E-state index is -0.262. The number of hydrogen-bond acceptors (Lipinski definition) is 6. The maximum atomic E-state index is 13.6. The number of rotatable bonds is 6. The lowest BCUT2D eigenvalue weighted by Crippen LogP contribution is -2.36. The van der Waals surface area contributed by atoms with E-state index in [1.807, 2.05) is 24.3 Å². The number of nitrogens with two attached hydrogens (primary N) is 1. The summed E-state index contributed by atoms with van der Waals surface area (Å²) in [6.07, 6.45) is 0.907. The van der Waals surface area contributed by atoms with Gasteiger partial charge in [0, 0.05) is 16.5 Å². The molecule has 7 heteroatoms. The van der Waals surface area contributed by atoms with E-state index in [1.54, 1.807) is 35.9 Å². The number of aromatic nitrogens is 3. The summed E-state index contributed by atoms with van der Waals surface area (Å²) in [5.41, 5.74) is 8.49. The lowest BCUT2D eigenvalue weighted by molar-refractivity contribution is 0.104. The van der Waals surface area contributed by atoms with Crippen LogP contribution in [0.25, 0.3) is 16.4 Å². The van der Waals surface area contributed by atoms with E-state index < -0.39 is 0 Å². The molecule has 2 heterocycles. The Morgan fingerprint density at radius 1 is 1.06 bits per heavy atom. The van der Waals surface area contributed by atoms with Crippen LogP contribution in [0.2, 0.25) is 0 Å². The first-order valence-corrected chi connectivity index (χ1v) is 11.0. The third-order valence-corrected chi connectivity index (χ3v) is 5.50. The molecule has 7 nitrogen and oxygen atoms in total. The third kappa shape index (κ3) is 4.49. The highest BCUT2D eigenvalue weighted by atomic mass is 16.5. The van der Waals surface area contributed by atoms with Gasteiger partial charge in [-0.15, -0.1) is 5.10 Å². The molecule has 0 radical (unpaired) electrons. The molecule has 0 saturated heterocycles. The van der Waals surface area contributed by atoms with Crippen LogP contribution in [-0.2, 0) is 0 Å². The van der Waals surface area contributed by atoms with Crippen LogP contribution in [0, 0.1) is 5.41 Å². The van der Waals surface area contributed by atoms with Gasteiger partial charge in [0.15, 0.2) is 11.6 Å². The lowest BCUT2D eigenvalue weighted by Gasteiger charge is -2.33. The van der Waals surface area contributed by atoms with Gasteiger partial charge in [0.25, 0.3) is 0 Å². The van der Waals surface area contributed by atoms with Gasteiger partial charge in [0.1, 0.15) is 5.75 Å². The molecule has 33 heavy (non-hydrogen) atoms. The summed E-state index contributed by atoms with van der Waals surface area (Å²) in [7, 11) is 1.59. The highest BCUT2D eigenvalue weighted by molar-refractivity contribution is 6.19. The van der Waals surface area contributed by atoms with Crippen molar-refractivity contribution in [1.29, 1.82) is 0 Å². The average Bonchev–Trinajstić information content (AvgIpc) is 3.09. The topological polar surface area (TPSA) is 94.5 Å². The minimum Gasteiger partial charge on any atom is -0.497 e. The largest absolute Gasteiger partial charge is 0.497 e. The van der Waals surface area contributed by atoms with Crippen molar-refractivity contribution in [2.24, 2.45) is 5.41 Å². The summed E-state index contributed by atoms with van der Waals surface area (Å²) in [6.45, 7) is 10.9. The Morgan fingerprint density at radius 3 is 2.36 bits per heavy atom. The second-order valence-electron chi connectivity index (χ2n) is 10.3. The number of methoxy groups -OCH3 is 1. The second-order valence-corrected chi connectivity index (χ2v) is 10.3. The molecule has 0 aliphatic rings. The molecule has 0 aliphatic heterocycles. The molecule has 2 aromatic carbocycles. The number of nitrogen functional groups attached to an aromatic ring is 1. The molecule has 0 atom stereocenters. The molecular formula is C26H31N5O2. The number of hydrogen-bond donors (Lipinski definition) is 2. The molecule has 0 aliphatic carbocycles. The number of nitrogens with one attached hydrogen (secondary N) is 1. The maximum Gasteiger partial charge on any atom is 0.225 e. The van der Waals surface area contributed by atoms with Gasteiger partial charge in [-0.2, -0.15) is 4.52 Å². The number of benzene rings is 2. The number of carbonyl (C=O) groups is 1. The van der Waals surface area contributed by atoms with Gasteiger partial charge in [-0.25, -0.2) is 4.98 Å². The van der Waals surface area contributed by atoms with E-state index >= 15 is 0 Å². The van der Waals surface area contributed by atoms with Crippen molar-refractivity contribution >= 4 is 34.0 Å². The fourth-order valence-electron chi connectivity index (χ4n) is 4.63. The zero-order valence-electron chi connectivity index (χ0n) is 20.1.